The molecular weight excluding hydrogens is 492 g/mol. The summed E-state index contributed by atoms with van der Waals surface area (Å²) in [4.78, 5) is 12.0. The number of carbonyl (C=O) groups excluding carboxylic acids is 1. The summed E-state index contributed by atoms with van der Waals surface area (Å²) in [6.45, 7) is 4.06. The van der Waals surface area contributed by atoms with Crippen LogP contribution in [0.1, 0.15) is 90.9 Å². The van der Waals surface area contributed by atoms with Crippen molar-refractivity contribution in [3.8, 4) is 0 Å². The Balaban J connectivity index is 2.23. The Morgan fingerprint density at radius 1 is 0.842 bits per heavy atom. The van der Waals surface area contributed by atoms with Gasteiger partial charge in [-0.15, -0.1) is 0 Å². The van der Waals surface area contributed by atoms with E-state index in [0.717, 1.165) is 38.5 Å². The minimum Gasteiger partial charge on any atom is -0.457 e. The van der Waals surface area contributed by atoms with Gasteiger partial charge in [-0.05, 0) is 38.5 Å². The van der Waals surface area contributed by atoms with E-state index in [1.54, 1.807) is 0 Å². The first-order valence-electron chi connectivity index (χ1n) is 14.4. The Morgan fingerprint density at radius 3 is 2.21 bits per heavy atom. The third kappa shape index (κ3) is 15.3. The van der Waals surface area contributed by atoms with Crippen molar-refractivity contribution in [1.29, 1.82) is 0 Å². The number of hydrogen-bond donors (Lipinski definition) is 4. The molecule has 1 rings (SSSR count). The second kappa shape index (κ2) is 22.5. The van der Waals surface area contributed by atoms with Crippen LogP contribution in [0.4, 0.5) is 0 Å². The van der Waals surface area contributed by atoms with Crippen molar-refractivity contribution in [2.24, 2.45) is 0 Å². The molecule has 222 valence electrons. The van der Waals surface area contributed by atoms with Gasteiger partial charge in [-0.1, -0.05) is 70.3 Å². The second-order valence-corrected chi connectivity index (χ2v) is 9.84. The van der Waals surface area contributed by atoms with Crippen molar-refractivity contribution in [2.45, 2.75) is 128 Å². The average molecular weight is 545 g/mol. The van der Waals surface area contributed by atoms with Gasteiger partial charge in [-0.2, -0.15) is 0 Å². The number of rotatable bonds is 22. The second-order valence-electron chi connectivity index (χ2n) is 9.84. The summed E-state index contributed by atoms with van der Waals surface area (Å²) in [5.41, 5.74) is 0. The van der Waals surface area contributed by atoms with Crippen LogP contribution in [-0.4, -0.2) is 89.6 Å². The zero-order valence-electron chi connectivity index (χ0n) is 23.4. The molecule has 4 N–H and O–H groups in total. The molecule has 6 unspecified atom stereocenters. The van der Waals surface area contributed by atoms with Crippen LogP contribution < -0.4 is 0 Å². The van der Waals surface area contributed by atoms with Crippen LogP contribution in [0.2, 0.25) is 0 Å². The molecule has 9 heteroatoms. The summed E-state index contributed by atoms with van der Waals surface area (Å²) < 4.78 is 22.1. The maximum atomic E-state index is 12.0. The van der Waals surface area contributed by atoms with Crippen LogP contribution in [0, 0.1) is 0 Å². The maximum absolute atomic E-state index is 12.0. The molecule has 0 saturated carbocycles. The molecule has 9 nitrogen and oxygen atoms in total. The van der Waals surface area contributed by atoms with Crippen LogP contribution >= 0.6 is 0 Å². The first kappa shape index (κ1) is 34.7. The molecule has 0 radical (unpaired) electrons. The molecule has 38 heavy (non-hydrogen) atoms. The van der Waals surface area contributed by atoms with E-state index >= 15 is 0 Å². The van der Waals surface area contributed by atoms with Gasteiger partial charge in [0.25, 0.3) is 0 Å². The fourth-order valence-electron chi connectivity index (χ4n) is 4.03. The summed E-state index contributed by atoms with van der Waals surface area (Å²) in [5, 5.41) is 39.3. The van der Waals surface area contributed by atoms with Gasteiger partial charge in [-0.25, -0.2) is 0 Å². The van der Waals surface area contributed by atoms with Crippen LogP contribution in [0.15, 0.2) is 24.3 Å². The highest BCUT2D eigenvalue weighted by atomic mass is 16.7. The van der Waals surface area contributed by atoms with Crippen LogP contribution in [0.25, 0.3) is 0 Å². The molecular formula is C29H52O9. The molecule has 0 aromatic rings. The minimum atomic E-state index is -1.53. The van der Waals surface area contributed by atoms with E-state index in [4.69, 9.17) is 18.9 Å². The third-order valence-electron chi connectivity index (χ3n) is 6.32. The molecule has 0 aromatic carbocycles. The van der Waals surface area contributed by atoms with E-state index in [2.05, 4.69) is 31.2 Å². The fraction of sp³-hybridized carbons (Fsp3) is 0.828. The number of hydrogen-bond acceptors (Lipinski definition) is 9. The lowest BCUT2D eigenvalue weighted by atomic mass is 9.99. The van der Waals surface area contributed by atoms with E-state index in [1.807, 2.05) is 6.92 Å². The Labute approximate surface area is 228 Å². The summed E-state index contributed by atoms with van der Waals surface area (Å²) in [6, 6.07) is 0. The predicted octanol–water partition coefficient (Wildman–Crippen LogP) is 3.56. The Morgan fingerprint density at radius 2 is 1.53 bits per heavy atom. The van der Waals surface area contributed by atoms with Gasteiger partial charge >= 0.3 is 5.97 Å². The van der Waals surface area contributed by atoms with Gasteiger partial charge in [0.05, 0.1) is 19.8 Å². The Hall–Kier alpha value is -1.33. The van der Waals surface area contributed by atoms with Crippen LogP contribution in [0.3, 0.4) is 0 Å². The van der Waals surface area contributed by atoms with Gasteiger partial charge in [0.15, 0.2) is 6.29 Å². The summed E-state index contributed by atoms with van der Waals surface area (Å²) in [5.74, 6) is -0.374. The molecule has 1 heterocycles. The number of esters is 1. The Bertz CT molecular complexity index is 638. The number of aliphatic hydroxyl groups excluding tert-OH is 4. The quantitative estimate of drug-likeness (QED) is 0.0916. The number of allylic oxidation sites excluding steroid dienone is 4. The fourth-order valence-corrected chi connectivity index (χ4v) is 4.03. The molecule has 1 aliphatic heterocycles. The van der Waals surface area contributed by atoms with E-state index in [9.17, 15) is 25.2 Å². The third-order valence-corrected chi connectivity index (χ3v) is 6.32. The van der Waals surface area contributed by atoms with Crippen molar-refractivity contribution in [2.75, 3.05) is 26.4 Å². The first-order valence-corrected chi connectivity index (χ1v) is 14.4. The molecule has 0 amide bonds. The lowest BCUT2D eigenvalue weighted by Gasteiger charge is -2.39. The predicted molar refractivity (Wildman–Crippen MR) is 145 cm³/mol. The first-order chi connectivity index (χ1) is 18.4. The van der Waals surface area contributed by atoms with E-state index < -0.39 is 43.4 Å². The van der Waals surface area contributed by atoms with E-state index in [0.29, 0.717) is 13.0 Å². The lowest BCUT2D eigenvalue weighted by molar-refractivity contribution is -0.305. The van der Waals surface area contributed by atoms with Gasteiger partial charge in [0.1, 0.15) is 30.5 Å². The van der Waals surface area contributed by atoms with Gasteiger partial charge in [0.2, 0.25) is 0 Å². The van der Waals surface area contributed by atoms with Gasteiger partial charge < -0.3 is 39.4 Å². The molecule has 0 aliphatic carbocycles. The lowest BCUT2D eigenvalue weighted by Crippen LogP contribution is -2.59. The monoisotopic (exact) mass is 544 g/mol. The number of aliphatic hydroxyl groups is 4. The zero-order chi connectivity index (χ0) is 28.0. The standard InChI is InChI=1S/C29H52O9/c1-3-5-6-7-8-9-10-11-12-13-14-15-16-17-19-35-21-23(37-25(31)18-4-2)22-36-29-28(34)27(33)26(32)24(20-30)38-29/h6-7,9-10,23-24,26-30,32-34H,3-5,8,11-22H2,1-2H3/b7-6-,10-9-. The highest BCUT2D eigenvalue weighted by Crippen LogP contribution is 2.22. The molecule has 1 aliphatic rings. The molecule has 1 fully saturated rings. The average Bonchev–Trinajstić information content (AvgIpc) is 2.91. The topological polar surface area (TPSA) is 135 Å². The van der Waals surface area contributed by atoms with Crippen molar-refractivity contribution in [3.05, 3.63) is 24.3 Å². The smallest absolute Gasteiger partial charge is 0.306 e. The normalized spacial score (nSPS) is 24.8. The van der Waals surface area contributed by atoms with Crippen molar-refractivity contribution < 1.29 is 44.2 Å². The minimum absolute atomic E-state index is 0.123. The van der Waals surface area contributed by atoms with Crippen molar-refractivity contribution in [3.63, 3.8) is 0 Å². The zero-order valence-corrected chi connectivity index (χ0v) is 23.4. The summed E-state index contributed by atoms with van der Waals surface area (Å²) in [6.07, 6.45) is 13.6. The largest absolute Gasteiger partial charge is 0.457 e. The van der Waals surface area contributed by atoms with E-state index in [-0.39, 0.29) is 25.6 Å². The van der Waals surface area contributed by atoms with Crippen molar-refractivity contribution >= 4 is 5.97 Å². The van der Waals surface area contributed by atoms with Crippen LogP contribution in [0.5, 0.6) is 0 Å². The van der Waals surface area contributed by atoms with Crippen molar-refractivity contribution in [1.82, 2.24) is 0 Å². The number of ether oxygens (including phenoxy) is 4. The number of carbonyl (C=O) groups is 1. The summed E-state index contributed by atoms with van der Waals surface area (Å²) in [7, 11) is 0. The van der Waals surface area contributed by atoms with Gasteiger partial charge in [0, 0.05) is 13.0 Å². The number of unbranched alkanes of at least 4 members (excludes halogenated alkanes) is 7. The Kier molecular flexibility index (Phi) is 20.5. The van der Waals surface area contributed by atoms with Crippen LogP contribution in [-0.2, 0) is 23.7 Å². The maximum Gasteiger partial charge on any atom is 0.306 e. The highest BCUT2D eigenvalue weighted by molar-refractivity contribution is 5.69. The molecule has 1 saturated heterocycles. The van der Waals surface area contributed by atoms with E-state index in [1.165, 1.54) is 25.7 Å². The molecule has 0 bridgehead atoms. The molecule has 6 atom stereocenters. The SMILES string of the molecule is CCC/C=C\C/C=C\CCCCCCCCOCC(COC1OC(CO)C(O)C(O)C1O)OC(=O)CCC. The molecule has 0 aromatic heterocycles. The van der Waals surface area contributed by atoms with Gasteiger partial charge in [-0.3, -0.25) is 4.79 Å². The highest BCUT2D eigenvalue weighted by Gasteiger charge is 2.44. The molecule has 0 spiro atoms. The summed E-state index contributed by atoms with van der Waals surface area (Å²) >= 11 is 0.